The molecule has 0 atom stereocenters. The molecule has 0 bridgehead atoms. The van der Waals surface area contributed by atoms with Gasteiger partial charge < -0.3 is 10.1 Å². The third-order valence-corrected chi connectivity index (χ3v) is 3.27. The van der Waals surface area contributed by atoms with E-state index in [9.17, 15) is 4.79 Å². The van der Waals surface area contributed by atoms with E-state index in [1.54, 1.807) is 31.4 Å². The number of benzene rings is 2. The van der Waals surface area contributed by atoms with Crippen molar-refractivity contribution in [2.24, 2.45) is 0 Å². The van der Waals surface area contributed by atoms with Gasteiger partial charge in [-0.1, -0.05) is 17.7 Å². The lowest BCUT2D eigenvalue weighted by molar-refractivity contribution is 0.102. The van der Waals surface area contributed by atoms with Crippen LogP contribution >= 0.6 is 0 Å². The maximum atomic E-state index is 12.3. The summed E-state index contributed by atoms with van der Waals surface area (Å²) in [5.41, 5.74) is 4.85. The Labute approximate surface area is 119 Å². The van der Waals surface area contributed by atoms with Gasteiger partial charge in [0.05, 0.1) is 7.11 Å². The maximum Gasteiger partial charge on any atom is 0.255 e. The molecule has 2 aromatic carbocycles. The maximum absolute atomic E-state index is 12.3. The van der Waals surface area contributed by atoms with Crippen molar-refractivity contribution in [3.8, 4) is 5.75 Å². The molecule has 0 aliphatic heterocycles. The van der Waals surface area contributed by atoms with E-state index in [1.165, 1.54) is 5.56 Å². The summed E-state index contributed by atoms with van der Waals surface area (Å²) in [4.78, 5) is 12.3. The second kappa shape index (κ2) is 5.78. The van der Waals surface area contributed by atoms with Crippen molar-refractivity contribution in [2.75, 3.05) is 12.4 Å². The smallest absolute Gasteiger partial charge is 0.255 e. The van der Waals surface area contributed by atoms with E-state index in [4.69, 9.17) is 4.74 Å². The molecular weight excluding hydrogens is 250 g/mol. The summed E-state index contributed by atoms with van der Waals surface area (Å²) in [5.74, 6) is 0.631. The van der Waals surface area contributed by atoms with E-state index in [1.807, 2.05) is 13.8 Å². The Morgan fingerprint density at radius 1 is 1.00 bits per heavy atom. The highest BCUT2D eigenvalue weighted by Gasteiger charge is 2.10. The molecule has 0 aliphatic carbocycles. The highest BCUT2D eigenvalue weighted by atomic mass is 16.5. The Morgan fingerprint density at radius 2 is 1.55 bits per heavy atom. The highest BCUT2D eigenvalue weighted by molar-refractivity contribution is 6.05. The van der Waals surface area contributed by atoms with Crippen LogP contribution in [0, 0.1) is 20.8 Å². The number of methoxy groups -OCH3 is 1. The Bertz CT molecular complexity index is 607. The van der Waals surface area contributed by atoms with Gasteiger partial charge in [0.2, 0.25) is 0 Å². The molecule has 1 amide bonds. The van der Waals surface area contributed by atoms with Crippen LogP contribution in [0.3, 0.4) is 0 Å². The minimum absolute atomic E-state index is 0.109. The summed E-state index contributed by atoms with van der Waals surface area (Å²) in [6.07, 6.45) is 0. The van der Waals surface area contributed by atoms with E-state index in [0.717, 1.165) is 22.6 Å². The molecule has 20 heavy (non-hydrogen) atoms. The van der Waals surface area contributed by atoms with Gasteiger partial charge >= 0.3 is 0 Å². The number of hydrogen-bond donors (Lipinski definition) is 1. The molecule has 2 rings (SSSR count). The predicted molar refractivity (Wildman–Crippen MR) is 81.6 cm³/mol. The number of amides is 1. The fourth-order valence-corrected chi connectivity index (χ4v) is 2.31. The van der Waals surface area contributed by atoms with Crippen LogP contribution in [-0.2, 0) is 0 Å². The largest absolute Gasteiger partial charge is 0.497 e. The van der Waals surface area contributed by atoms with E-state index in [-0.39, 0.29) is 5.91 Å². The Kier molecular flexibility index (Phi) is 4.08. The Balaban J connectivity index is 2.23. The molecule has 3 heteroatoms. The molecule has 0 saturated heterocycles. The van der Waals surface area contributed by atoms with E-state index < -0.39 is 0 Å². The molecule has 0 saturated carbocycles. The first kappa shape index (κ1) is 14.1. The van der Waals surface area contributed by atoms with Gasteiger partial charge in [-0.3, -0.25) is 4.79 Å². The van der Waals surface area contributed by atoms with Gasteiger partial charge in [0, 0.05) is 11.3 Å². The van der Waals surface area contributed by atoms with Crippen LogP contribution in [0.5, 0.6) is 5.75 Å². The molecule has 0 spiro atoms. The normalized spacial score (nSPS) is 10.2. The van der Waals surface area contributed by atoms with Gasteiger partial charge in [-0.05, 0) is 56.2 Å². The van der Waals surface area contributed by atoms with Crippen molar-refractivity contribution in [1.29, 1.82) is 0 Å². The van der Waals surface area contributed by atoms with Crippen LogP contribution in [0.4, 0.5) is 5.69 Å². The third kappa shape index (κ3) is 2.99. The van der Waals surface area contributed by atoms with Gasteiger partial charge in [-0.15, -0.1) is 0 Å². The number of carbonyl (C=O) groups excluding carboxylic acids is 1. The number of anilines is 1. The van der Waals surface area contributed by atoms with Crippen LogP contribution in [0.15, 0.2) is 36.4 Å². The number of ether oxygens (including phenoxy) is 1. The summed E-state index contributed by atoms with van der Waals surface area (Å²) in [5, 5.41) is 2.98. The van der Waals surface area contributed by atoms with Crippen LogP contribution in [0.2, 0.25) is 0 Å². The summed E-state index contributed by atoms with van der Waals surface area (Å²) in [7, 11) is 1.61. The van der Waals surface area contributed by atoms with Crippen molar-refractivity contribution in [1.82, 2.24) is 0 Å². The fraction of sp³-hybridized carbons (Fsp3) is 0.235. The predicted octanol–water partition coefficient (Wildman–Crippen LogP) is 3.87. The van der Waals surface area contributed by atoms with Crippen LogP contribution in [-0.4, -0.2) is 13.0 Å². The quantitative estimate of drug-likeness (QED) is 0.918. The van der Waals surface area contributed by atoms with Crippen molar-refractivity contribution < 1.29 is 9.53 Å². The Hall–Kier alpha value is -2.29. The van der Waals surface area contributed by atoms with Crippen molar-refractivity contribution >= 4 is 11.6 Å². The minimum atomic E-state index is -0.109. The molecular formula is C17H19NO2. The van der Waals surface area contributed by atoms with Crippen molar-refractivity contribution in [3.63, 3.8) is 0 Å². The lowest BCUT2D eigenvalue weighted by atomic mass is 10.0. The molecule has 3 nitrogen and oxygen atoms in total. The number of hydrogen-bond acceptors (Lipinski definition) is 2. The zero-order valence-corrected chi connectivity index (χ0v) is 12.3. The zero-order chi connectivity index (χ0) is 14.7. The zero-order valence-electron chi connectivity index (χ0n) is 12.3. The SMILES string of the molecule is COc1ccc(C(=O)Nc2c(C)cc(C)cc2C)cc1. The molecule has 0 radical (unpaired) electrons. The molecule has 0 unspecified atom stereocenters. The highest BCUT2D eigenvalue weighted by Crippen LogP contribution is 2.23. The van der Waals surface area contributed by atoms with Crippen molar-refractivity contribution in [2.45, 2.75) is 20.8 Å². The van der Waals surface area contributed by atoms with Gasteiger partial charge in [0.25, 0.3) is 5.91 Å². The van der Waals surface area contributed by atoms with Crippen LogP contribution < -0.4 is 10.1 Å². The molecule has 2 aromatic rings. The van der Waals surface area contributed by atoms with E-state index in [2.05, 4.69) is 24.4 Å². The summed E-state index contributed by atoms with van der Waals surface area (Å²) >= 11 is 0. The van der Waals surface area contributed by atoms with Gasteiger partial charge in [-0.2, -0.15) is 0 Å². The number of rotatable bonds is 3. The topological polar surface area (TPSA) is 38.3 Å². The second-order valence-corrected chi connectivity index (χ2v) is 4.96. The molecule has 0 fully saturated rings. The lowest BCUT2D eigenvalue weighted by Gasteiger charge is -2.13. The average molecular weight is 269 g/mol. The van der Waals surface area contributed by atoms with E-state index in [0.29, 0.717) is 5.56 Å². The van der Waals surface area contributed by atoms with Gasteiger partial charge in [0.1, 0.15) is 5.75 Å². The number of nitrogens with one attached hydrogen (secondary N) is 1. The molecule has 0 aliphatic rings. The first-order valence-electron chi connectivity index (χ1n) is 6.54. The molecule has 0 aromatic heterocycles. The summed E-state index contributed by atoms with van der Waals surface area (Å²) in [6.45, 7) is 6.06. The number of carbonyl (C=O) groups is 1. The minimum Gasteiger partial charge on any atom is -0.497 e. The molecule has 0 heterocycles. The molecule has 104 valence electrons. The van der Waals surface area contributed by atoms with Crippen molar-refractivity contribution in [3.05, 3.63) is 58.7 Å². The first-order chi connectivity index (χ1) is 9.51. The molecule has 1 N–H and O–H groups in total. The van der Waals surface area contributed by atoms with Crippen LogP contribution in [0.25, 0.3) is 0 Å². The Morgan fingerprint density at radius 3 is 2.05 bits per heavy atom. The van der Waals surface area contributed by atoms with E-state index >= 15 is 0 Å². The van der Waals surface area contributed by atoms with Crippen LogP contribution in [0.1, 0.15) is 27.0 Å². The number of aryl methyl sites for hydroxylation is 3. The third-order valence-electron chi connectivity index (χ3n) is 3.27. The first-order valence-corrected chi connectivity index (χ1v) is 6.54. The summed E-state index contributed by atoms with van der Waals surface area (Å²) < 4.78 is 5.09. The average Bonchev–Trinajstić information content (AvgIpc) is 2.42. The second-order valence-electron chi connectivity index (χ2n) is 4.96. The standard InChI is InChI=1S/C17H19NO2/c1-11-9-12(2)16(13(3)10-11)18-17(19)14-5-7-15(20-4)8-6-14/h5-10H,1-4H3,(H,18,19). The lowest BCUT2D eigenvalue weighted by Crippen LogP contribution is -2.13. The monoisotopic (exact) mass is 269 g/mol. The van der Waals surface area contributed by atoms with Gasteiger partial charge in [-0.25, -0.2) is 0 Å². The fourth-order valence-electron chi connectivity index (χ4n) is 2.31. The van der Waals surface area contributed by atoms with Gasteiger partial charge in [0.15, 0.2) is 0 Å². The summed E-state index contributed by atoms with van der Waals surface area (Å²) in [6, 6.07) is 11.2.